The Bertz CT molecular complexity index is 183. The van der Waals surface area contributed by atoms with Crippen LogP contribution in [0.2, 0.25) is 0 Å². The molecule has 3 atom stereocenters. The molecular weight excluding hydrogens is 134 g/mol. The summed E-state index contributed by atoms with van der Waals surface area (Å²) in [4.78, 5) is 0. The Labute approximate surface area is 68.7 Å². The van der Waals surface area contributed by atoms with E-state index in [1.54, 1.807) is 5.57 Å². The average Bonchev–Trinajstić information content (AvgIpc) is 1.82. The molecule has 2 aliphatic rings. The Morgan fingerprint density at radius 2 is 2.18 bits per heavy atom. The first-order valence-corrected chi connectivity index (χ1v) is 4.69. The topological polar surface area (TPSA) is 26.0 Å². The molecule has 62 valence electrons. The first-order valence-electron chi connectivity index (χ1n) is 4.69. The third-order valence-corrected chi connectivity index (χ3v) is 2.95. The summed E-state index contributed by atoms with van der Waals surface area (Å²) >= 11 is 0. The molecule has 11 heavy (non-hydrogen) atoms. The van der Waals surface area contributed by atoms with Gasteiger partial charge in [0.2, 0.25) is 0 Å². The normalized spacial score (nSPS) is 43.5. The van der Waals surface area contributed by atoms with E-state index in [2.05, 4.69) is 13.0 Å². The van der Waals surface area contributed by atoms with Gasteiger partial charge in [-0.1, -0.05) is 18.6 Å². The van der Waals surface area contributed by atoms with E-state index >= 15 is 0 Å². The van der Waals surface area contributed by atoms with Gasteiger partial charge in [-0.2, -0.15) is 0 Å². The lowest BCUT2D eigenvalue weighted by Crippen LogP contribution is -2.30. The number of nitrogens with two attached hydrogens (primary N) is 1. The Kier molecular flexibility index (Phi) is 1.76. The van der Waals surface area contributed by atoms with Crippen molar-refractivity contribution in [1.82, 2.24) is 0 Å². The van der Waals surface area contributed by atoms with E-state index in [-0.39, 0.29) is 0 Å². The highest BCUT2D eigenvalue weighted by Crippen LogP contribution is 2.38. The smallest absolute Gasteiger partial charge is 0.0229 e. The monoisotopic (exact) mass is 151 g/mol. The molecular formula is C10H17N. The molecule has 2 rings (SSSR count). The highest BCUT2D eigenvalue weighted by Gasteiger charge is 2.27. The van der Waals surface area contributed by atoms with Crippen molar-refractivity contribution in [2.75, 3.05) is 0 Å². The first kappa shape index (κ1) is 7.35. The lowest BCUT2D eigenvalue weighted by Gasteiger charge is -2.34. The number of rotatable bonds is 0. The molecule has 2 N–H and O–H groups in total. The van der Waals surface area contributed by atoms with E-state index < -0.39 is 0 Å². The van der Waals surface area contributed by atoms with Crippen molar-refractivity contribution in [2.24, 2.45) is 17.6 Å². The predicted molar refractivity (Wildman–Crippen MR) is 47.2 cm³/mol. The Balaban J connectivity index is 2.15. The Hall–Kier alpha value is -0.300. The summed E-state index contributed by atoms with van der Waals surface area (Å²) in [6, 6.07) is 0.372. The maximum Gasteiger partial charge on any atom is 0.0229 e. The summed E-state index contributed by atoms with van der Waals surface area (Å²) < 4.78 is 0. The first-order chi connectivity index (χ1) is 5.24. The Morgan fingerprint density at radius 1 is 1.36 bits per heavy atom. The second-order valence-electron chi connectivity index (χ2n) is 4.34. The minimum Gasteiger partial charge on any atom is -0.324 e. The fourth-order valence-corrected chi connectivity index (χ4v) is 2.71. The lowest BCUT2D eigenvalue weighted by molar-refractivity contribution is 0.295. The van der Waals surface area contributed by atoms with Crippen LogP contribution in [0, 0.1) is 11.8 Å². The summed E-state index contributed by atoms with van der Waals surface area (Å²) in [5.41, 5.74) is 7.53. The molecule has 2 bridgehead atoms. The predicted octanol–water partition coefficient (Wildman–Crippen LogP) is 2.08. The number of hydrogen-bond acceptors (Lipinski definition) is 1. The van der Waals surface area contributed by atoms with Crippen LogP contribution in [0.5, 0.6) is 0 Å². The van der Waals surface area contributed by atoms with Gasteiger partial charge in [0, 0.05) is 6.04 Å². The van der Waals surface area contributed by atoms with Gasteiger partial charge in [0.15, 0.2) is 0 Å². The van der Waals surface area contributed by atoms with Crippen molar-refractivity contribution in [2.45, 2.75) is 38.6 Å². The summed E-state index contributed by atoms with van der Waals surface area (Å²) in [6.07, 6.45) is 7.59. The maximum absolute atomic E-state index is 5.89. The van der Waals surface area contributed by atoms with Crippen LogP contribution in [0.1, 0.15) is 32.6 Å². The van der Waals surface area contributed by atoms with Gasteiger partial charge in [0.05, 0.1) is 0 Å². The largest absolute Gasteiger partial charge is 0.324 e. The van der Waals surface area contributed by atoms with Crippen molar-refractivity contribution in [3.05, 3.63) is 11.6 Å². The molecule has 1 heteroatoms. The second kappa shape index (κ2) is 2.63. The summed E-state index contributed by atoms with van der Waals surface area (Å²) in [5, 5.41) is 0. The molecule has 0 saturated heterocycles. The van der Waals surface area contributed by atoms with Crippen LogP contribution in [0.4, 0.5) is 0 Å². The van der Waals surface area contributed by atoms with Crippen molar-refractivity contribution in [1.29, 1.82) is 0 Å². The fourth-order valence-electron chi connectivity index (χ4n) is 2.71. The summed E-state index contributed by atoms with van der Waals surface area (Å²) in [6.45, 7) is 2.36. The number of allylic oxidation sites excluding steroid dienone is 1. The highest BCUT2D eigenvalue weighted by atomic mass is 14.6. The van der Waals surface area contributed by atoms with Gasteiger partial charge in [-0.15, -0.1) is 0 Å². The number of fused-ring (bicyclic) bond motifs is 2. The van der Waals surface area contributed by atoms with Crippen LogP contribution in [-0.2, 0) is 0 Å². The van der Waals surface area contributed by atoms with Crippen LogP contribution >= 0.6 is 0 Å². The quantitative estimate of drug-likeness (QED) is 0.527. The molecule has 0 aliphatic heterocycles. The van der Waals surface area contributed by atoms with Crippen LogP contribution < -0.4 is 5.73 Å². The average molecular weight is 151 g/mol. The molecule has 0 aromatic carbocycles. The Morgan fingerprint density at radius 3 is 2.91 bits per heavy atom. The van der Waals surface area contributed by atoms with E-state index in [1.807, 2.05) is 0 Å². The molecule has 2 aliphatic carbocycles. The zero-order valence-corrected chi connectivity index (χ0v) is 7.22. The van der Waals surface area contributed by atoms with Crippen molar-refractivity contribution < 1.29 is 0 Å². The van der Waals surface area contributed by atoms with Gasteiger partial charge < -0.3 is 5.73 Å². The van der Waals surface area contributed by atoms with Crippen LogP contribution in [0.25, 0.3) is 0 Å². The molecule has 0 aromatic rings. The van der Waals surface area contributed by atoms with E-state index in [0.29, 0.717) is 6.04 Å². The molecule has 0 aromatic heterocycles. The third-order valence-electron chi connectivity index (χ3n) is 2.95. The van der Waals surface area contributed by atoms with Gasteiger partial charge in [0.25, 0.3) is 0 Å². The van der Waals surface area contributed by atoms with Crippen molar-refractivity contribution in [3.63, 3.8) is 0 Å². The highest BCUT2D eigenvalue weighted by molar-refractivity contribution is 5.15. The summed E-state index contributed by atoms with van der Waals surface area (Å²) in [7, 11) is 0. The minimum absolute atomic E-state index is 0.372. The van der Waals surface area contributed by atoms with E-state index in [9.17, 15) is 0 Å². The van der Waals surface area contributed by atoms with E-state index in [0.717, 1.165) is 11.8 Å². The van der Waals surface area contributed by atoms with Gasteiger partial charge in [-0.3, -0.25) is 0 Å². The van der Waals surface area contributed by atoms with Gasteiger partial charge >= 0.3 is 0 Å². The molecule has 1 saturated carbocycles. The van der Waals surface area contributed by atoms with Gasteiger partial charge in [-0.25, -0.2) is 0 Å². The standard InChI is InChI=1S/C10H17N/c1-7-2-8-4-9(3-7)6-10(11)5-8/h5,7,9-10H,2-4,6,11H2,1H3. The molecule has 0 heterocycles. The van der Waals surface area contributed by atoms with E-state index in [4.69, 9.17) is 5.73 Å². The molecule has 0 amide bonds. The fraction of sp³-hybridized carbons (Fsp3) is 0.800. The molecule has 1 nitrogen and oxygen atoms in total. The zero-order chi connectivity index (χ0) is 7.84. The molecule has 3 unspecified atom stereocenters. The SMILES string of the molecule is CC1CC2=CC(N)CC(C2)C1. The zero-order valence-electron chi connectivity index (χ0n) is 7.22. The van der Waals surface area contributed by atoms with Crippen LogP contribution in [0.3, 0.4) is 0 Å². The number of hydrogen-bond donors (Lipinski definition) is 1. The van der Waals surface area contributed by atoms with Crippen LogP contribution in [0.15, 0.2) is 11.6 Å². The summed E-state index contributed by atoms with van der Waals surface area (Å²) in [5.74, 6) is 1.82. The van der Waals surface area contributed by atoms with Gasteiger partial charge in [-0.05, 0) is 37.5 Å². The molecule has 0 spiro atoms. The molecule has 1 fully saturated rings. The van der Waals surface area contributed by atoms with Gasteiger partial charge in [0.1, 0.15) is 0 Å². The van der Waals surface area contributed by atoms with Crippen molar-refractivity contribution >= 4 is 0 Å². The van der Waals surface area contributed by atoms with Crippen LogP contribution in [-0.4, -0.2) is 6.04 Å². The van der Waals surface area contributed by atoms with E-state index in [1.165, 1.54) is 25.7 Å². The molecule has 0 radical (unpaired) electrons. The maximum atomic E-state index is 5.89. The second-order valence-corrected chi connectivity index (χ2v) is 4.34. The van der Waals surface area contributed by atoms with Crippen molar-refractivity contribution in [3.8, 4) is 0 Å². The third kappa shape index (κ3) is 1.48. The lowest BCUT2D eigenvalue weighted by atomic mass is 9.73. The minimum atomic E-state index is 0.372.